The van der Waals surface area contributed by atoms with Gasteiger partial charge in [0.2, 0.25) is 0 Å². The molecule has 0 rings (SSSR count). The van der Waals surface area contributed by atoms with Gasteiger partial charge in [-0.15, -0.1) is 0 Å². The van der Waals surface area contributed by atoms with Crippen molar-refractivity contribution in [1.82, 2.24) is 0 Å². The minimum absolute atomic E-state index is 0.0833. The molecule has 0 aliphatic carbocycles. The molecule has 0 aliphatic heterocycles. The molecule has 0 N–H and O–H groups in total. The molecule has 0 aromatic heterocycles. The molecule has 0 amide bonds. The van der Waals surface area contributed by atoms with Gasteiger partial charge in [-0.05, 0) is 6.92 Å². The molecule has 0 fully saturated rings. The van der Waals surface area contributed by atoms with Crippen LogP contribution < -0.4 is 0 Å². The van der Waals surface area contributed by atoms with Crippen LogP contribution in [-0.2, 0) is 9.53 Å². The fraction of sp³-hybridized carbons (Fsp3) is 0.857. The van der Waals surface area contributed by atoms with Crippen molar-refractivity contribution in [3.05, 3.63) is 0 Å². The summed E-state index contributed by atoms with van der Waals surface area (Å²) in [5.74, 6) is 0.248. The lowest BCUT2D eigenvalue weighted by molar-refractivity contribution is -0.130. The fourth-order valence-electron chi connectivity index (χ4n) is 0.586. The van der Waals surface area contributed by atoms with Gasteiger partial charge in [-0.1, -0.05) is 13.8 Å². The second-order valence-corrected chi connectivity index (χ2v) is 2.44. The maximum absolute atomic E-state index is 10.9. The molecule has 0 heterocycles. The van der Waals surface area contributed by atoms with Crippen molar-refractivity contribution in [1.29, 1.82) is 0 Å². The Morgan fingerprint density at radius 1 is 1.33 bits per heavy atom. The minimum Gasteiger partial charge on any atom is -0.374 e. The number of ketones is 1. The summed E-state index contributed by atoms with van der Waals surface area (Å²) >= 11 is 0. The first-order chi connectivity index (χ1) is 4.09. The second kappa shape index (κ2) is 3.62. The number of carbonyl (C=O) groups excluding carboxylic acids is 1. The zero-order valence-corrected chi connectivity index (χ0v) is 6.47. The molecule has 9 heavy (non-hydrogen) atoms. The van der Waals surface area contributed by atoms with Gasteiger partial charge in [0.1, 0.15) is 6.10 Å². The molecular formula is C7H14O2. The smallest absolute Gasteiger partial charge is 0.163 e. The molecule has 0 radical (unpaired) electrons. The highest BCUT2D eigenvalue weighted by Crippen LogP contribution is 2.00. The molecule has 0 unspecified atom stereocenters. The Balaban J connectivity index is 3.73. The van der Waals surface area contributed by atoms with E-state index in [-0.39, 0.29) is 17.8 Å². The molecule has 2 heteroatoms. The lowest BCUT2D eigenvalue weighted by Gasteiger charge is -2.09. The van der Waals surface area contributed by atoms with Crippen LogP contribution in [0.5, 0.6) is 0 Å². The van der Waals surface area contributed by atoms with Crippen LogP contribution in [0.1, 0.15) is 20.8 Å². The second-order valence-electron chi connectivity index (χ2n) is 2.44. The first-order valence-corrected chi connectivity index (χ1v) is 3.16. The number of Topliss-reactive ketones (excluding diaryl/α,β-unsaturated/α-hetero) is 1. The van der Waals surface area contributed by atoms with Crippen molar-refractivity contribution in [2.75, 3.05) is 7.11 Å². The zero-order valence-electron chi connectivity index (χ0n) is 6.47. The number of ether oxygens (including phenoxy) is 1. The summed E-state index contributed by atoms with van der Waals surface area (Å²) in [5, 5.41) is 0. The minimum atomic E-state index is -0.245. The predicted molar refractivity (Wildman–Crippen MR) is 36.3 cm³/mol. The molecule has 0 aromatic rings. The Kier molecular flexibility index (Phi) is 3.47. The lowest BCUT2D eigenvalue weighted by Crippen LogP contribution is -2.23. The van der Waals surface area contributed by atoms with Gasteiger partial charge in [0.05, 0.1) is 0 Å². The Morgan fingerprint density at radius 2 is 1.78 bits per heavy atom. The van der Waals surface area contributed by atoms with Gasteiger partial charge in [-0.2, -0.15) is 0 Å². The molecule has 0 bridgehead atoms. The molecule has 1 atom stereocenters. The third-order valence-electron chi connectivity index (χ3n) is 1.32. The van der Waals surface area contributed by atoms with Gasteiger partial charge in [-0.25, -0.2) is 0 Å². The first-order valence-electron chi connectivity index (χ1n) is 3.16. The predicted octanol–water partition coefficient (Wildman–Crippen LogP) is 1.25. The first kappa shape index (κ1) is 8.63. The summed E-state index contributed by atoms with van der Waals surface area (Å²) in [5.41, 5.74) is 0. The number of hydrogen-bond acceptors (Lipinski definition) is 2. The van der Waals surface area contributed by atoms with E-state index in [4.69, 9.17) is 4.74 Å². The van der Waals surface area contributed by atoms with E-state index in [0.717, 1.165) is 0 Å². The van der Waals surface area contributed by atoms with Gasteiger partial charge >= 0.3 is 0 Å². The van der Waals surface area contributed by atoms with E-state index in [2.05, 4.69) is 0 Å². The highest BCUT2D eigenvalue weighted by atomic mass is 16.5. The number of carbonyl (C=O) groups is 1. The van der Waals surface area contributed by atoms with E-state index in [1.165, 1.54) is 0 Å². The number of hydrogen-bond donors (Lipinski definition) is 0. The number of methoxy groups -OCH3 is 1. The summed E-state index contributed by atoms with van der Waals surface area (Å²) < 4.78 is 4.82. The Labute approximate surface area is 56.2 Å². The molecule has 0 spiro atoms. The normalized spacial score (nSPS) is 13.9. The average Bonchev–Trinajstić information content (AvgIpc) is 1.84. The molecule has 0 aromatic carbocycles. The summed E-state index contributed by atoms with van der Waals surface area (Å²) in [7, 11) is 1.55. The Morgan fingerprint density at radius 3 is 1.89 bits per heavy atom. The molecule has 0 saturated heterocycles. The zero-order chi connectivity index (χ0) is 7.44. The van der Waals surface area contributed by atoms with Gasteiger partial charge in [-0.3, -0.25) is 4.79 Å². The highest BCUT2D eigenvalue weighted by molar-refractivity contribution is 5.84. The summed E-state index contributed by atoms with van der Waals surface area (Å²) in [6, 6.07) is 0. The van der Waals surface area contributed by atoms with Crippen LogP contribution in [0.3, 0.4) is 0 Å². The van der Waals surface area contributed by atoms with Crippen LogP contribution in [0.2, 0.25) is 0 Å². The van der Waals surface area contributed by atoms with Crippen molar-refractivity contribution >= 4 is 5.78 Å². The van der Waals surface area contributed by atoms with E-state index >= 15 is 0 Å². The average molecular weight is 130 g/mol. The van der Waals surface area contributed by atoms with Crippen molar-refractivity contribution in [2.45, 2.75) is 26.9 Å². The number of rotatable bonds is 3. The van der Waals surface area contributed by atoms with Crippen LogP contribution in [0.15, 0.2) is 0 Å². The van der Waals surface area contributed by atoms with Crippen molar-refractivity contribution in [3.63, 3.8) is 0 Å². The van der Waals surface area contributed by atoms with Crippen LogP contribution in [0.25, 0.3) is 0 Å². The van der Waals surface area contributed by atoms with E-state index in [9.17, 15) is 4.79 Å². The third-order valence-corrected chi connectivity index (χ3v) is 1.32. The van der Waals surface area contributed by atoms with Crippen LogP contribution in [0.4, 0.5) is 0 Å². The van der Waals surface area contributed by atoms with E-state index < -0.39 is 0 Å². The van der Waals surface area contributed by atoms with Crippen LogP contribution in [0, 0.1) is 5.92 Å². The SMILES string of the molecule is CO[C@@H](C)C(=O)C(C)C. The largest absolute Gasteiger partial charge is 0.374 e. The maximum Gasteiger partial charge on any atom is 0.163 e. The fourth-order valence-corrected chi connectivity index (χ4v) is 0.586. The van der Waals surface area contributed by atoms with Crippen molar-refractivity contribution in [3.8, 4) is 0 Å². The summed E-state index contributed by atoms with van der Waals surface area (Å²) in [6.45, 7) is 5.51. The van der Waals surface area contributed by atoms with E-state index in [0.29, 0.717) is 0 Å². The monoisotopic (exact) mass is 130 g/mol. The summed E-state index contributed by atoms with van der Waals surface area (Å²) in [6.07, 6.45) is -0.245. The van der Waals surface area contributed by atoms with E-state index in [1.807, 2.05) is 13.8 Å². The topological polar surface area (TPSA) is 26.3 Å². The molecule has 0 saturated carbocycles. The summed E-state index contributed by atoms with van der Waals surface area (Å²) in [4.78, 5) is 10.9. The Bertz CT molecular complexity index is 97.1. The maximum atomic E-state index is 10.9. The van der Waals surface area contributed by atoms with Crippen LogP contribution >= 0.6 is 0 Å². The van der Waals surface area contributed by atoms with Crippen molar-refractivity contribution in [2.24, 2.45) is 5.92 Å². The molecular weight excluding hydrogens is 116 g/mol. The molecule has 54 valence electrons. The van der Waals surface area contributed by atoms with Gasteiger partial charge in [0.15, 0.2) is 5.78 Å². The lowest BCUT2D eigenvalue weighted by atomic mass is 10.1. The standard InChI is InChI=1S/C7H14O2/c1-5(2)7(8)6(3)9-4/h5-6H,1-4H3/t6-/m0/s1. The molecule has 2 nitrogen and oxygen atoms in total. The van der Waals surface area contributed by atoms with Gasteiger partial charge < -0.3 is 4.74 Å². The van der Waals surface area contributed by atoms with Crippen molar-refractivity contribution < 1.29 is 9.53 Å². The quantitative estimate of drug-likeness (QED) is 0.574. The van der Waals surface area contributed by atoms with Gasteiger partial charge in [0.25, 0.3) is 0 Å². The van der Waals surface area contributed by atoms with Gasteiger partial charge in [0, 0.05) is 13.0 Å². The van der Waals surface area contributed by atoms with Crippen LogP contribution in [-0.4, -0.2) is 19.0 Å². The molecule has 0 aliphatic rings. The third kappa shape index (κ3) is 2.61. The van der Waals surface area contributed by atoms with E-state index in [1.54, 1.807) is 14.0 Å². The highest BCUT2D eigenvalue weighted by Gasteiger charge is 2.14. The Hall–Kier alpha value is -0.370.